The predicted molar refractivity (Wildman–Crippen MR) is 90.7 cm³/mol. The van der Waals surface area contributed by atoms with Gasteiger partial charge in [0.05, 0.1) is 12.2 Å². The van der Waals surface area contributed by atoms with Gasteiger partial charge in [-0.05, 0) is 40.2 Å². The summed E-state index contributed by atoms with van der Waals surface area (Å²) in [6.07, 6.45) is 0.884. The summed E-state index contributed by atoms with van der Waals surface area (Å²) in [5.74, 6) is 1.71. The third kappa shape index (κ3) is 3.02. The molecule has 0 radical (unpaired) electrons. The summed E-state index contributed by atoms with van der Waals surface area (Å²) in [4.78, 5) is 13.6. The van der Waals surface area contributed by atoms with Crippen molar-refractivity contribution in [2.45, 2.75) is 47.6 Å². The molecule has 0 bridgehead atoms. The number of nitrogens with zero attached hydrogens (tertiary/aromatic N) is 5. The standard InChI is InChI=1S/C17H22N6/c1-6-14-8-16(23-17(21-14)12(4)13(5)22-23)18-9-15-19-10(2)7-11(3)20-15/h7-8,18H,6,9H2,1-5H3. The van der Waals surface area contributed by atoms with Gasteiger partial charge in [0.15, 0.2) is 5.65 Å². The van der Waals surface area contributed by atoms with Crippen molar-refractivity contribution in [3.8, 4) is 0 Å². The largest absolute Gasteiger partial charge is 0.363 e. The summed E-state index contributed by atoms with van der Waals surface area (Å²) in [6, 6.07) is 4.02. The highest BCUT2D eigenvalue weighted by molar-refractivity contribution is 5.56. The minimum atomic E-state index is 0.558. The van der Waals surface area contributed by atoms with Gasteiger partial charge in [-0.1, -0.05) is 6.92 Å². The van der Waals surface area contributed by atoms with Gasteiger partial charge in [-0.2, -0.15) is 9.61 Å². The first-order chi connectivity index (χ1) is 11.0. The summed E-state index contributed by atoms with van der Waals surface area (Å²) in [5.41, 5.74) is 6.03. The van der Waals surface area contributed by atoms with E-state index in [2.05, 4.69) is 39.2 Å². The second-order valence-electron chi connectivity index (χ2n) is 5.85. The van der Waals surface area contributed by atoms with Crippen LogP contribution in [0.15, 0.2) is 12.1 Å². The molecule has 0 saturated heterocycles. The molecule has 6 nitrogen and oxygen atoms in total. The molecule has 0 spiro atoms. The van der Waals surface area contributed by atoms with Gasteiger partial charge in [0.2, 0.25) is 0 Å². The van der Waals surface area contributed by atoms with Crippen LogP contribution in [-0.4, -0.2) is 24.6 Å². The molecule has 3 aromatic heterocycles. The van der Waals surface area contributed by atoms with Crippen molar-refractivity contribution in [2.75, 3.05) is 5.32 Å². The van der Waals surface area contributed by atoms with Crippen LogP contribution in [0.1, 0.15) is 41.1 Å². The first-order valence-electron chi connectivity index (χ1n) is 7.88. The highest BCUT2D eigenvalue weighted by Crippen LogP contribution is 2.19. The fourth-order valence-corrected chi connectivity index (χ4v) is 2.63. The number of hydrogen-bond acceptors (Lipinski definition) is 5. The number of aromatic nitrogens is 5. The molecule has 0 aliphatic heterocycles. The molecule has 3 rings (SSSR count). The van der Waals surface area contributed by atoms with Crippen molar-refractivity contribution >= 4 is 11.5 Å². The van der Waals surface area contributed by atoms with E-state index in [0.29, 0.717) is 6.54 Å². The molecule has 0 aromatic carbocycles. The van der Waals surface area contributed by atoms with E-state index < -0.39 is 0 Å². The second-order valence-corrected chi connectivity index (χ2v) is 5.85. The Hall–Kier alpha value is -2.50. The lowest BCUT2D eigenvalue weighted by atomic mass is 10.2. The Balaban J connectivity index is 1.97. The van der Waals surface area contributed by atoms with Gasteiger partial charge in [-0.25, -0.2) is 15.0 Å². The normalized spacial score (nSPS) is 11.2. The predicted octanol–water partition coefficient (Wildman–Crippen LogP) is 2.93. The fraction of sp³-hybridized carbons (Fsp3) is 0.412. The monoisotopic (exact) mass is 310 g/mol. The van der Waals surface area contributed by atoms with Crippen LogP contribution in [-0.2, 0) is 13.0 Å². The lowest BCUT2D eigenvalue weighted by molar-refractivity contribution is 0.859. The van der Waals surface area contributed by atoms with Gasteiger partial charge >= 0.3 is 0 Å². The van der Waals surface area contributed by atoms with Crippen LogP contribution in [0.3, 0.4) is 0 Å². The quantitative estimate of drug-likeness (QED) is 0.802. The second kappa shape index (κ2) is 5.95. The summed E-state index contributed by atoms with van der Waals surface area (Å²) in [7, 11) is 0. The van der Waals surface area contributed by atoms with Gasteiger partial charge in [0.25, 0.3) is 0 Å². The zero-order valence-corrected chi connectivity index (χ0v) is 14.3. The number of hydrogen-bond donors (Lipinski definition) is 1. The van der Waals surface area contributed by atoms with Crippen molar-refractivity contribution in [1.29, 1.82) is 0 Å². The van der Waals surface area contributed by atoms with Crippen LogP contribution in [0.5, 0.6) is 0 Å². The van der Waals surface area contributed by atoms with Crippen LogP contribution in [0.25, 0.3) is 5.65 Å². The topological polar surface area (TPSA) is 68.0 Å². The maximum absolute atomic E-state index is 4.69. The first-order valence-corrected chi connectivity index (χ1v) is 7.88. The number of nitrogens with one attached hydrogen (secondary N) is 1. The van der Waals surface area contributed by atoms with Gasteiger partial charge in [0.1, 0.15) is 11.6 Å². The van der Waals surface area contributed by atoms with Crippen LogP contribution in [0.2, 0.25) is 0 Å². The minimum Gasteiger partial charge on any atom is -0.363 e. The van der Waals surface area contributed by atoms with Crippen LogP contribution in [0, 0.1) is 27.7 Å². The molecule has 6 heteroatoms. The molecule has 0 fully saturated rings. The molecule has 0 aliphatic rings. The Morgan fingerprint density at radius 3 is 2.35 bits per heavy atom. The highest BCUT2D eigenvalue weighted by atomic mass is 15.3. The Morgan fingerprint density at radius 2 is 1.70 bits per heavy atom. The summed E-state index contributed by atoms with van der Waals surface area (Å²) >= 11 is 0. The van der Waals surface area contributed by atoms with E-state index >= 15 is 0 Å². The summed E-state index contributed by atoms with van der Waals surface area (Å²) in [5, 5.41) is 8.00. The van der Waals surface area contributed by atoms with E-state index in [1.54, 1.807) is 0 Å². The van der Waals surface area contributed by atoms with Crippen LogP contribution >= 0.6 is 0 Å². The lowest BCUT2D eigenvalue weighted by Gasteiger charge is -2.10. The summed E-state index contributed by atoms with van der Waals surface area (Å²) in [6.45, 7) is 10.7. The van der Waals surface area contributed by atoms with E-state index in [1.807, 2.05) is 37.4 Å². The minimum absolute atomic E-state index is 0.558. The molecular formula is C17H22N6. The van der Waals surface area contributed by atoms with Gasteiger partial charge in [0, 0.05) is 28.7 Å². The van der Waals surface area contributed by atoms with Crippen molar-refractivity contribution in [3.05, 3.63) is 46.3 Å². The van der Waals surface area contributed by atoms with Crippen molar-refractivity contribution in [2.24, 2.45) is 0 Å². The molecule has 120 valence electrons. The summed E-state index contributed by atoms with van der Waals surface area (Å²) < 4.78 is 1.87. The van der Waals surface area contributed by atoms with Gasteiger partial charge in [-0.15, -0.1) is 0 Å². The van der Waals surface area contributed by atoms with E-state index in [4.69, 9.17) is 0 Å². The Kier molecular flexibility index (Phi) is 3.98. The molecule has 3 aromatic rings. The maximum Gasteiger partial charge on any atom is 0.160 e. The molecule has 0 saturated carbocycles. The zero-order valence-electron chi connectivity index (χ0n) is 14.3. The molecule has 23 heavy (non-hydrogen) atoms. The molecular weight excluding hydrogens is 288 g/mol. The van der Waals surface area contributed by atoms with Crippen molar-refractivity contribution in [3.63, 3.8) is 0 Å². The lowest BCUT2D eigenvalue weighted by Crippen LogP contribution is -2.10. The van der Waals surface area contributed by atoms with Crippen molar-refractivity contribution < 1.29 is 0 Å². The number of fused-ring (bicyclic) bond motifs is 1. The fourth-order valence-electron chi connectivity index (χ4n) is 2.63. The van der Waals surface area contributed by atoms with Crippen LogP contribution < -0.4 is 5.32 Å². The van der Waals surface area contributed by atoms with Gasteiger partial charge < -0.3 is 5.32 Å². The average Bonchev–Trinajstić information content (AvgIpc) is 2.79. The molecule has 0 atom stereocenters. The Morgan fingerprint density at radius 1 is 1.00 bits per heavy atom. The maximum atomic E-state index is 4.69. The third-order valence-corrected chi connectivity index (χ3v) is 3.93. The Labute approximate surface area is 136 Å². The molecule has 1 N–H and O–H groups in total. The highest BCUT2D eigenvalue weighted by Gasteiger charge is 2.12. The number of aryl methyl sites for hydroxylation is 5. The van der Waals surface area contributed by atoms with Crippen molar-refractivity contribution in [1.82, 2.24) is 24.6 Å². The van der Waals surface area contributed by atoms with Crippen LogP contribution in [0.4, 0.5) is 5.82 Å². The number of rotatable bonds is 4. The first kappa shape index (κ1) is 15.4. The molecule has 0 unspecified atom stereocenters. The smallest absolute Gasteiger partial charge is 0.160 e. The van der Waals surface area contributed by atoms with Gasteiger partial charge in [-0.3, -0.25) is 0 Å². The SMILES string of the molecule is CCc1cc(NCc2nc(C)cc(C)n2)n2nc(C)c(C)c2n1. The Bertz CT molecular complexity index is 845. The zero-order chi connectivity index (χ0) is 16.6. The van der Waals surface area contributed by atoms with E-state index in [-0.39, 0.29) is 0 Å². The van der Waals surface area contributed by atoms with E-state index in [0.717, 1.165) is 52.0 Å². The molecule has 0 amide bonds. The van der Waals surface area contributed by atoms with E-state index in [1.165, 1.54) is 0 Å². The molecule has 0 aliphatic carbocycles. The average molecular weight is 310 g/mol. The van der Waals surface area contributed by atoms with E-state index in [9.17, 15) is 0 Å². The molecule has 3 heterocycles. The number of anilines is 1. The third-order valence-electron chi connectivity index (χ3n) is 3.93.